The molecule has 1 amide bonds. The Balaban J connectivity index is 2.99. The summed E-state index contributed by atoms with van der Waals surface area (Å²) < 4.78 is 0. The summed E-state index contributed by atoms with van der Waals surface area (Å²) in [7, 11) is 0. The molecule has 1 rings (SSSR count). The first-order valence-corrected chi connectivity index (χ1v) is 5.74. The first kappa shape index (κ1) is 12.7. The molecule has 0 bridgehead atoms. The lowest BCUT2D eigenvalue weighted by molar-refractivity contribution is -0.119. The third kappa shape index (κ3) is 2.61. The summed E-state index contributed by atoms with van der Waals surface area (Å²) in [6, 6.07) is 7.47. The van der Waals surface area contributed by atoms with Crippen LogP contribution in [0.1, 0.15) is 25.8 Å². The Morgan fingerprint density at radius 3 is 2.50 bits per heavy atom. The second-order valence-electron chi connectivity index (χ2n) is 3.88. The molecule has 16 heavy (non-hydrogen) atoms. The molecule has 2 N–H and O–H groups in total. The van der Waals surface area contributed by atoms with Crippen molar-refractivity contribution in [1.82, 2.24) is 0 Å². The van der Waals surface area contributed by atoms with Crippen molar-refractivity contribution in [3.8, 4) is 0 Å². The molecule has 0 saturated heterocycles. The normalized spacial score (nSPS) is 12.2. The van der Waals surface area contributed by atoms with Crippen LogP contribution < -0.4 is 10.6 Å². The Kier molecular flexibility index (Phi) is 4.50. The molecule has 0 aromatic heterocycles. The zero-order valence-corrected chi connectivity index (χ0v) is 10.2. The number of carbonyl (C=O) groups excluding carboxylic acids is 1. The smallest absolute Gasteiger partial charge is 0.243 e. The Hall–Kier alpha value is -1.35. The minimum Gasteiger partial charge on any atom is -0.320 e. The fourth-order valence-electron chi connectivity index (χ4n) is 1.69. The molecule has 0 spiro atoms. The number of carbonyl (C=O) groups is 1. The first-order valence-electron chi connectivity index (χ1n) is 5.74. The number of benzene rings is 1. The van der Waals surface area contributed by atoms with E-state index in [1.54, 1.807) is 4.90 Å². The zero-order chi connectivity index (χ0) is 12.1. The molecule has 0 unspecified atom stereocenters. The molecule has 0 heterocycles. The van der Waals surface area contributed by atoms with Gasteiger partial charge in [0.15, 0.2) is 0 Å². The average molecular weight is 220 g/mol. The van der Waals surface area contributed by atoms with Crippen LogP contribution in [0.3, 0.4) is 0 Å². The number of anilines is 1. The second kappa shape index (κ2) is 5.66. The van der Waals surface area contributed by atoms with Crippen LogP contribution in [-0.2, 0) is 4.79 Å². The minimum atomic E-state index is -0.403. The molecule has 1 atom stereocenters. The topological polar surface area (TPSA) is 46.3 Å². The van der Waals surface area contributed by atoms with E-state index in [0.717, 1.165) is 11.3 Å². The van der Waals surface area contributed by atoms with Gasteiger partial charge in [-0.2, -0.15) is 0 Å². The number of nitrogens with zero attached hydrogens (tertiary/aromatic N) is 1. The number of likely N-dealkylation sites (N-methyl/N-ethyl adjacent to an activating group) is 1. The SMILES string of the molecule is CC[C@H](N)C(=O)N(CC)c1ccccc1C. The molecule has 0 aliphatic rings. The maximum Gasteiger partial charge on any atom is 0.243 e. The van der Waals surface area contributed by atoms with Crippen LogP contribution in [0.25, 0.3) is 0 Å². The van der Waals surface area contributed by atoms with E-state index in [0.29, 0.717) is 13.0 Å². The monoisotopic (exact) mass is 220 g/mol. The van der Waals surface area contributed by atoms with E-state index in [4.69, 9.17) is 5.73 Å². The van der Waals surface area contributed by atoms with Crippen LogP contribution in [0, 0.1) is 6.92 Å². The van der Waals surface area contributed by atoms with Gasteiger partial charge in [-0.3, -0.25) is 4.79 Å². The summed E-state index contributed by atoms with van der Waals surface area (Å²) in [5.41, 5.74) is 7.84. The summed E-state index contributed by atoms with van der Waals surface area (Å²) in [6.45, 7) is 6.54. The Morgan fingerprint density at radius 1 is 1.38 bits per heavy atom. The van der Waals surface area contributed by atoms with Crippen molar-refractivity contribution in [3.63, 3.8) is 0 Å². The van der Waals surface area contributed by atoms with Crippen molar-refractivity contribution in [2.75, 3.05) is 11.4 Å². The largest absolute Gasteiger partial charge is 0.320 e. The molecule has 3 nitrogen and oxygen atoms in total. The van der Waals surface area contributed by atoms with Gasteiger partial charge in [-0.1, -0.05) is 25.1 Å². The highest BCUT2D eigenvalue weighted by molar-refractivity contribution is 5.97. The molecule has 1 aromatic rings. The number of hydrogen-bond acceptors (Lipinski definition) is 2. The molecular formula is C13H20N2O. The number of hydrogen-bond donors (Lipinski definition) is 1. The number of rotatable bonds is 4. The zero-order valence-electron chi connectivity index (χ0n) is 10.2. The van der Waals surface area contributed by atoms with E-state index in [1.807, 2.05) is 45.0 Å². The van der Waals surface area contributed by atoms with Crippen molar-refractivity contribution in [1.29, 1.82) is 0 Å². The van der Waals surface area contributed by atoms with Gasteiger partial charge >= 0.3 is 0 Å². The maximum absolute atomic E-state index is 12.1. The highest BCUT2D eigenvalue weighted by Crippen LogP contribution is 2.19. The molecule has 0 fully saturated rings. The maximum atomic E-state index is 12.1. The number of aryl methyl sites for hydroxylation is 1. The molecule has 0 aliphatic carbocycles. The number of para-hydroxylation sites is 1. The molecule has 1 aromatic carbocycles. The standard InChI is InChI=1S/C13H20N2O/c1-4-11(14)13(16)15(5-2)12-9-7-6-8-10(12)3/h6-9,11H,4-5,14H2,1-3H3/t11-/m0/s1. The van der Waals surface area contributed by atoms with Gasteiger partial charge in [0.1, 0.15) is 0 Å². The van der Waals surface area contributed by atoms with Crippen LogP contribution in [0.5, 0.6) is 0 Å². The molecular weight excluding hydrogens is 200 g/mol. The van der Waals surface area contributed by atoms with Gasteiger partial charge in [0.2, 0.25) is 5.91 Å². The predicted octanol–water partition coefficient (Wildman–Crippen LogP) is 2.09. The highest BCUT2D eigenvalue weighted by Gasteiger charge is 2.20. The Labute approximate surface area is 97.2 Å². The molecule has 3 heteroatoms. The Bertz CT molecular complexity index is 363. The quantitative estimate of drug-likeness (QED) is 0.844. The third-order valence-electron chi connectivity index (χ3n) is 2.75. The number of amides is 1. The van der Waals surface area contributed by atoms with Crippen LogP contribution in [0.2, 0.25) is 0 Å². The summed E-state index contributed by atoms with van der Waals surface area (Å²) in [5, 5.41) is 0. The van der Waals surface area contributed by atoms with E-state index in [1.165, 1.54) is 0 Å². The molecule has 88 valence electrons. The lowest BCUT2D eigenvalue weighted by atomic mass is 10.1. The summed E-state index contributed by atoms with van der Waals surface area (Å²) in [5.74, 6) is -0.000648. The van der Waals surface area contributed by atoms with Crippen LogP contribution in [0.4, 0.5) is 5.69 Å². The first-order chi connectivity index (χ1) is 7.61. The van der Waals surface area contributed by atoms with E-state index in [9.17, 15) is 4.79 Å². The van der Waals surface area contributed by atoms with E-state index in [-0.39, 0.29) is 5.91 Å². The predicted molar refractivity (Wildman–Crippen MR) is 67.5 cm³/mol. The van der Waals surface area contributed by atoms with Crippen molar-refractivity contribution in [3.05, 3.63) is 29.8 Å². The van der Waals surface area contributed by atoms with E-state index < -0.39 is 6.04 Å². The van der Waals surface area contributed by atoms with E-state index >= 15 is 0 Å². The minimum absolute atomic E-state index is 0.000648. The molecule has 0 saturated carbocycles. The lowest BCUT2D eigenvalue weighted by Crippen LogP contribution is -2.43. The van der Waals surface area contributed by atoms with E-state index in [2.05, 4.69) is 0 Å². The van der Waals surface area contributed by atoms with Gasteiger partial charge in [-0.05, 0) is 31.9 Å². The van der Waals surface area contributed by atoms with Gasteiger partial charge < -0.3 is 10.6 Å². The van der Waals surface area contributed by atoms with Gasteiger partial charge in [0, 0.05) is 12.2 Å². The van der Waals surface area contributed by atoms with Crippen LogP contribution >= 0.6 is 0 Å². The van der Waals surface area contributed by atoms with Crippen LogP contribution in [-0.4, -0.2) is 18.5 Å². The fraction of sp³-hybridized carbons (Fsp3) is 0.462. The van der Waals surface area contributed by atoms with Gasteiger partial charge in [0.05, 0.1) is 6.04 Å². The van der Waals surface area contributed by atoms with Gasteiger partial charge in [-0.25, -0.2) is 0 Å². The Morgan fingerprint density at radius 2 is 2.00 bits per heavy atom. The lowest BCUT2D eigenvalue weighted by Gasteiger charge is -2.25. The summed E-state index contributed by atoms with van der Waals surface area (Å²) in [6.07, 6.45) is 0.668. The van der Waals surface area contributed by atoms with Gasteiger partial charge in [0.25, 0.3) is 0 Å². The highest BCUT2D eigenvalue weighted by atomic mass is 16.2. The van der Waals surface area contributed by atoms with Crippen molar-refractivity contribution in [2.45, 2.75) is 33.2 Å². The summed E-state index contributed by atoms with van der Waals surface area (Å²) in [4.78, 5) is 13.8. The number of nitrogens with two attached hydrogens (primary N) is 1. The van der Waals surface area contributed by atoms with Gasteiger partial charge in [-0.15, -0.1) is 0 Å². The molecule has 0 aliphatic heterocycles. The average Bonchev–Trinajstić information content (AvgIpc) is 2.31. The van der Waals surface area contributed by atoms with Crippen LogP contribution in [0.15, 0.2) is 24.3 Å². The molecule has 0 radical (unpaired) electrons. The fourth-order valence-corrected chi connectivity index (χ4v) is 1.69. The van der Waals surface area contributed by atoms with Crippen molar-refractivity contribution in [2.24, 2.45) is 5.73 Å². The third-order valence-corrected chi connectivity index (χ3v) is 2.75. The summed E-state index contributed by atoms with van der Waals surface area (Å²) >= 11 is 0. The van der Waals surface area contributed by atoms with Crippen molar-refractivity contribution < 1.29 is 4.79 Å². The second-order valence-corrected chi connectivity index (χ2v) is 3.88. The van der Waals surface area contributed by atoms with Crippen molar-refractivity contribution >= 4 is 11.6 Å².